The monoisotopic (exact) mass is 502 g/mol. The quantitative estimate of drug-likeness (QED) is 0.267. The van der Waals surface area contributed by atoms with E-state index in [4.69, 9.17) is 14.2 Å². The summed E-state index contributed by atoms with van der Waals surface area (Å²) in [6, 6.07) is 15.3. The van der Waals surface area contributed by atoms with Crippen molar-refractivity contribution in [1.82, 2.24) is 9.55 Å². The minimum atomic E-state index is -0.950. The molecular weight excluding hydrogens is 479 g/mol. The van der Waals surface area contributed by atoms with E-state index in [1.807, 2.05) is 30.3 Å². The molecule has 3 heterocycles. The van der Waals surface area contributed by atoms with Crippen LogP contribution in [0.4, 0.5) is 4.39 Å². The van der Waals surface area contributed by atoms with Crippen LogP contribution in [0.3, 0.4) is 0 Å². The number of aldehydes is 1. The number of carbonyl (C=O) groups is 2. The van der Waals surface area contributed by atoms with Crippen LogP contribution in [0.1, 0.15) is 34.0 Å². The van der Waals surface area contributed by atoms with Crippen LogP contribution in [0, 0.1) is 5.82 Å². The molecule has 0 bridgehead atoms. The Labute approximate surface area is 211 Å². The van der Waals surface area contributed by atoms with Crippen molar-refractivity contribution < 1.29 is 28.2 Å². The third kappa shape index (κ3) is 4.67. The Morgan fingerprint density at radius 1 is 1.16 bits per heavy atom. The standard InChI is InChI=1S/C28H23FN2O6/c1-2-35-28(34)22-26(36-16-18-6-4-3-5-7-18)23-24-25(37-21(15-32)14-31(24)27(22)33)19(13-30-23)12-17-8-10-20(29)11-9-17/h3-11,13,15,21H,2,12,14,16H2,1H3. The molecule has 1 aliphatic rings. The molecule has 0 N–H and O–H groups in total. The molecule has 0 saturated heterocycles. The highest BCUT2D eigenvalue weighted by atomic mass is 19.1. The molecule has 1 unspecified atom stereocenters. The Hall–Kier alpha value is -4.53. The smallest absolute Gasteiger partial charge is 0.347 e. The second-order valence-corrected chi connectivity index (χ2v) is 8.52. The molecule has 0 fully saturated rings. The Bertz CT molecular complexity index is 1530. The van der Waals surface area contributed by atoms with E-state index >= 15 is 0 Å². The summed E-state index contributed by atoms with van der Waals surface area (Å²) in [7, 11) is 0. The summed E-state index contributed by atoms with van der Waals surface area (Å²) in [6.07, 6.45) is 1.52. The Kier molecular flexibility index (Phi) is 6.68. The lowest BCUT2D eigenvalue weighted by atomic mass is 10.0. The number of nitrogens with zero attached hydrogens (tertiary/aromatic N) is 2. The number of esters is 1. The van der Waals surface area contributed by atoms with Gasteiger partial charge in [-0.2, -0.15) is 0 Å². The first kappa shape index (κ1) is 24.2. The lowest BCUT2D eigenvalue weighted by Crippen LogP contribution is -2.38. The van der Waals surface area contributed by atoms with E-state index in [9.17, 15) is 18.8 Å². The van der Waals surface area contributed by atoms with E-state index in [0.29, 0.717) is 23.8 Å². The van der Waals surface area contributed by atoms with Crippen molar-refractivity contribution in [3.05, 3.63) is 99.2 Å². The van der Waals surface area contributed by atoms with Crippen molar-refractivity contribution in [2.24, 2.45) is 0 Å². The average molecular weight is 502 g/mol. The molecule has 8 nitrogen and oxygen atoms in total. The van der Waals surface area contributed by atoms with E-state index in [1.54, 1.807) is 25.3 Å². The minimum Gasteiger partial charge on any atom is -0.485 e. The molecule has 0 saturated carbocycles. The molecule has 9 heteroatoms. The maximum atomic E-state index is 13.7. The Morgan fingerprint density at radius 2 is 1.92 bits per heavy atom. The molecule has 1 atom stereocenters. The zero-order valence-electron chi connectivity index (χ0n) is 20.0. The number of halogens is 1. The van der Waals surface area contributed by atoms with E-state index in [2.05, 4.69) is 4.98 Å². The second kappa shape index (κ2) is 10.2. The molecule has 0 amide bonds. The summed E-state index contributed by atoms with van der Waals surface area (Å²) in [5.74, 6) is -0.926. The van der Waals surface area contributed by atoms with Crippen molar-refractivity contribution in [3.63, 3.8) is 0 Å². The van der Waals surface area contributed by atoms with Crippen LogP contribution < -0.4 is 15.0 Å². The van der Waals surface area contributed by atoms with E-state index < -0.39 is 17.6 Å². The molecule has 0 aliphatic carbocycles. The van der Waals surface area contributed by atoms with Gasteiger partial charge in [0.25, 0.3) is 5.56 Å². The lowest BCUT2D eigenvalue weighted by Gasteiger charge is -2.27. The Balaban J connectivity index is 1.71. The van der Waals surface area contributed by atoms with Gasteiger partial charge in [-0.1, -0.05) is 42.5 Å². The van der Waals surface area contributed by atoms with Gasteiger partial charge in [0.05, 0.1) is 13.2 Å². The van der Waals surface area contributed by atoms with E-state index in [1.165, 1.54) is 16.7 Å². The van der Waals surface area contributed by atoms with Crippen molar-refractivity contribution >= 4 is 23.3 Å². The molecule has 5 rings (SSSR count). The largest absolute Gasteiger partial charge is 0.485 e. The van der Waals surface area contributed by atoms with Gasteiger partial charge in [0.15, 0.2) is 29.5 Å². The zero-order valence-corrected chi connectivity index (χ0v) is 20.0. The van der Waals surface area contributed by atoms with Gasteiger partial charge < -0.3 is 14.2 Å². The molecule has 2 aromatic carbocycles. The molecule has 0 spiro atoms. The van der Waals surface area contributed by atoms with Gasteiger partial charge in [-0.3, -0.25) is 19.1 Å². The van der Waals surface area contributed by atoms with Gasteiger partial charge in [0.1, 0.15) is 23.5 Å². The summed E-state index contributed by atoms with van der Waals surface area (Å²) < 4.78 is 31.9. The van der Waals surface area contributed by atoms with Gasteiger partial charge in [0.2, 0.25) is 0 Å². The van der Waals surface area contributed by atoms with Crippen LogP contribution in [-0.2, 0) is 29.1 Å². The van der Waals surface area contributed by atoms with Crippen molar-refractivity contribution in [3.8, 4) is 11.5 Å². The normalized spacial score (nSPS) is 14.2. The van der Waals surface area contributed by atoms with Gasteiger partial charge in [-0.05, 0) is 30.2 Å². The van der Waals surface area contributed by atoms with Gasteiger partial charge >= 0.3 is 5.97 Å². The molecule has 37 heavy (non-hydrogen) atoms. The number of aromatic nitrogens is 2. The van der Waals surface area contributed by atoms with Crippen LogP contribution >= 0.6 is 0 Å². The number of hydrogen-bond acceptors (Lipinski definition) is 7. The van der Waals surface area contributed by atoms with Crippen LogP contribution in [0.15, 0.2) is 65.6 Å². The van der Waals surface area contributed by atoms with Crippen LogP contribution in [0.2, 0.25) is 0 Å². The summed E-state index contributed by atoms with van der Waals surface area (Å²) in [4.78, 5) is 42.9. The van der Waals surface area contributed by atoms with Crippen LogP contribution in [0.5, 0.6) is 11.5 Å². The average Bonchev–Trinajstić information content (AvgIpc) is 2.92. The SMILES string of the molecule is CCOC(=O)c1c(OCc2ccccc2)c2ncc(Cc3ccc(F)cc3)c3c2n(c1=O)CC(C=O)O3. The van der Waals surface area contributed by atoms with Crippen molar-refractivity contribution in [2.75, 3.05) is 6.61 Å². The number of hydrogen-bond donors (Lipinski definition) is 0. The highest BCUT2D eigenvalue weighted by Crippen LogP contribution is 2.38. The molecule has 1 aliphatic heterocycles. The first-order valence-corrected chi connectivity index (χ1v) is 11.8. The third-order valence-electron chi connectivity index (χ3n) is 6.05. The fourth-order valence-corrected chi connectivity index (χ4v) is 4.34. The number of pyridine rings is 2. The fraction of sp³-hybridized carbons (Fsp3) is 0.214. The summed E-state index contributed by atoms with van der Waals surface area (Å²) >= 11 is 0. The summed E-state index contributed by atoms with van der Waals surface area (Å²) in [5.41, 5.74) is 1.81. The van der Waals surface area contributed by atoms with Gasteiger partial charge in [0, 0.05) is 18.2 Å². The number of rotatable bonds is 8. The number of carbonyl (C=O) groups excluding carboxylic acids is 2. The molecule has 2 aromatic heterocycles. The highest BCUT2D eigenvalue weighted by molar-refractivity contribution is 6.00. The molecular formula is C28H23FN2O6. The number of ether oxygens (including phenoxy) is 3. The summed E-state index contributed by atoms with van der Waals surface area (Å²) in [5, 5.41) is 0. The van der Waals surface area contributed by atoms with Crippen molar-refractivity contribution in [2.45, 2.75) is 32.6 Å². The second-order valence-electron chi connectivity index (χ2n) is 8.52. The lowest BCUT2D eigenvalue weighted by molar-refractivity contribution is -0.114. The Morgan fingerprint density at radius 3 is 2.62 bits per heavy atom. The van der Waals surface area contributed by atoms with E-state index in [0.717, 1.165) is 11.1 Å². The predicted molar refractivity (Wildman–Crippen MR) is 132 cm³/mol. The topological polar surface area (TPSA) is 96.7 Å². The first-order chi connectivity index (χ1) is 18.0. The minimum absolute atomic E-state index is 0.0127. The van der Waals surface area contributed by atoms with Gasteiger partial charge in [-0.25, -0.2) is 9.18 Å². The zero-order chi connectivity index (χ0) is 25.9. The van der Waals surface area contributed by atoms with Crippen molar-refractivity contribution in [1.29, 1.82) is 0 Å². The fourth-order valence-electron chi connectivity index (χ4n) is 4.34. The van der Waals surface area contributed by atoms with Crippen LogP contribution in [0.25, 0.3) is 11.0 Å². The summed E-state index contributed by atoms with van der Waals surface area (Å²) in [6.45, 7) is 1.68. The van der Waals surface area contributed by atoms with E-state index in [-0.39, 0.29) is 48.2 Å². The third-order valence-corrected chi connectivity index (χ3v) is 6.05. The van der Waals surface area contributed by atoms with Crippen LogP contribution in [-0.4, -0.2) is 34.5 Å². The molecule has 4 aromatic rings. The maximum absolute atomic E-state index is 13.7. The molecule has 0 radical (unpaired) electrons. The predicted octanol–water partition coefficient (Wildman–Crippen LogP) is 3.84. The highest BCUT2D eigenvalue weighted by Gasteiger charge is 2.33. The maximum Gasteiger partial charge on any atom is 0.347 e. The number of benzene rings is 2. The first-order valence-electron chi connectivity index (χ1n) is 11.8. The molecule has 188 valence electrons. The van der Waals surface area contributed by atoms with Gasteiger partial charge in [-0.15, -0.1) is 0 Å².